The third-order valence-corrected chi connectivity index (χ3v) is 15.8. The Bertz CT molecular complexity index is 1900. The Morgan fingerprint density at radius 2 is 1.79 bits per heavy atom. The van der Waals surface area contributed by atoms with E-state index < -0.39 is 34.3 Å². The number of likely N-dealkylation sites (tertiary alicyclic amines) is 1. The van der Waals surface area contributed by atoms with Crippen molar-refractivity contribution in [3.05, 3.63) is 34.2 Å². The van der Waals surface area contributed by atoms with Gasteiger partial charge in [0.25, 0.3) is 5.56 Å². The third-order valence-electron chi connectivity index (χ3n) is 15.8. The van der Waals surface area contributed by atoms with Gasteiger partial charge in [0, 0.05) is 29.4 Å². The van der Waals surface area contributed by atoms with E-state index in [1.807, 2.05) is 25.7 Å². The van der Waals surface area contributed by atoms with Crippen molar-refractivity contribution in [1.82, 2.24) is 20.2 Å². The zero-order valence-corrected chi connectivity index (χ0v) is 35.0. The smallest absolute Gasteiger partial charge is 0.408 e. The first-order chi connectivity index (χ1) is 26.4. The normalized spacial score (nSPS) is 31.8. The highest BCUT2D eigenvalue weighted by atomic mass is 19.1. The fraction of sp³-hybridized carbons (Fsp3) is 0.756. The van der Waals surface area contributed by atoms with Gasteiger partial charge in [-0.3, -0.25) is 14.4 Å². The van der Waals surface area contributed by atoms with Gasteiger partial charge in [-0.05, 0) is 120 Å². The van der Waals surface area contributed by atoms with Crippen molar-refractivity contribution in [2.45, 2.75) is 162 Å². The number of ether oxygens (including phenoxy) is 2. The molecule has 308 valence electrons. The van der Waals surface area contributed by atoms with E-state index >= 15 is 9.18 Å². The monoisotopic (exact) mass is 776 g/mol. The summed E-state index contributed by atoms with van der Waals surface area (Å²) in [4.78, 5) is 65.1. The molecule has 8 atom stereocenters. The molecule has 2 N–H and O–H groups in total. The summed E-state index contributed by atoms with van der Waals surface area (Å²) in [6.45, 7) is 14.2. The molecule has 7 unspecified atom stereocenters. The van der Waals surface area contributed by atoms with Crippen LogP contribution < -0.4 is 15.6 Å². The molecule has 0 radical (unpaired) electrons. The molecule has 10 nitrogen and oxygen atoms in total. The van der Waals surface area contributed by atoms with Crippen LogP contribution in [-0.4, -0.2) is 64.0 Å². The molecule has 56 heavy (non-hydrogen) atoms. The van der Waals surface area contributed by atoms with Gasteiger partial charge >= 0.3 is 6.09 Å². The second-order valence-electron chi connectivity index (χ2n) is 19.6. The Labute approximate surface area is 331 Å². The van der Waals surface area contributed by atoms with Gasteiger partial charge in [0.05, 0.1) is 18.1 Å². The minimum atomic E-state index is -1.91. The number of nitrogens with one attached hydrogen (secondary N) is 2. The second kappa shape index (κ2) is 14.7. The largest absolute Gasteiger partial charge is 0.497 e. The van der Waals surface area contributed by atoms with E-state index in [1.165, 1.54) is 13.3 Å². The van der Waals surface area contributed by atoms with Crippen molar-refractivity contribution >= 4 is 28.8 Å². The number of aromatic amines is 1. The lowest BCUT2D eigenvalue weighted by molar-refractivity contribution is -0.151. The molecule has 0 bridgehead atoms. The molecule has 5 aliphatic rings. The van der Waals surface area contributed by atoms with Crippen molar-refractivity contribution in [3.63, 3.8) is 0 Å². The number of benzene rings is 1. The number of rotatable bonds is 13. The Morgan fingerprint density at radius 3 is 2.45 bits per heavy atom. The van der Waals surface area contributed by atoms with E-state index in [-0.39, 0.29) is 58.5 Å². The average molecular weight is 777 g/mol. The first kappa shape index (κ1) is 40.7. The molecular weight excluding hydrogens is 712 g/mol. The highest BCUT2D eigenvalue weighted by Crippen LogP contribution is 2.68. The second-order valence-corrected chi connectivity index (χ2v) is 19.6. The number of hydrogen-bond acceptors (Lipinski definition) is 7. The molecule has 4 saturated carbocycles. The maximum absolute atomic E-state index is 16.1. The van der Waals surface area contributed by atoms with Crippen molar-refractivity contribution in [2.75, 3.05) is 13.7 Å². The maximum Gasteiger partial charge on any atom is 0.408 e. The Balaban J connectivity index is 1.03. The summed E-state index contributed by atoms with van der Waals surface area (Å²) in [7, 11) is 1.54. The number of aromatic nitrogens is 2. The minimum Gasteiger partial charge on any atom is -0.497 e. The Kier molecular flexibility index (Phi) is 10.7. The van der Waals surface area contributed by atoms with Gasteiger partial charge in [0.15, 0.2) is 11.5 Å². The number of alkyl carbamates (subject to hydrolysis) is 1. The van der Waals surface area contributed by atoms with E-state index in [0.717, 1.165) is 70.6 Å². The quantitative estimate of drug-likeness (QED) is 0.208. The predicted octanol–water partition coefficient (Wildman–Crippen LogP) is 8.79. The molecule has 2 aromatic rings. The molecule has 4 aliphatic carbocycles. The van der Waals surface area contributed by atoms with E-state index in [2.05, 4.69) is 36.1 Å². The summed E-state index contributed by atoms with van der Waals surface area (Å²) >= 11 is 0. The number of Topliss-reactive ketones (excluding diaryl/α,β-unsaturated/α-hetero) is 1. The summed E-state index contributed by atoms with van der Waals surface area (Å²) < 4.78 is 27.7. The van der Waals surface area contributed by atoms with Crippen molar-refractivity contribution < 1.29 is 28.2 Å². The maximum atomic E-state index is 16.1. The molecule has 1 saturated heterocycles. The molecule has 2 heterocycles. The van der Waals surface area contributed by atoms with Crippen LogP contribution in [-0.2, 0) is 20.0 Å². The molecule has 2 amide bonds. The van der Waals surface area contributed by atoms with Crippen LogP contribution in [0, 0.1) is 39.9 Å². The fourth-order valence-electron chi connectivity index (χ4n) is 12.0. The summed E-state index contributed by atoms with van der Waals surface area (Å²) in [6, 6.07) is 4.29. The van der Waals surface area contributed by atoms with Crippen LogP contribution in [0.15, 0.2) is 23.0 Å². The van der Waals surface area contributed by atoms with E-state index in [1.54, 1.807) is 25.3 Å². The summed E-state index contributed by atoms with van der Waals surface area (Å²) in [5.41, 5.74) is -3.40. The number of H-pyrrole nitrogens is 1. The molecule has 1 aromatic carbocycles. The SMILES string of the molecule is COc1ccc2nc(C(C)(F)CCCC3CC34CCCC4OC(=O)NC(C(=O)N3CCC4(C[C@H]4C)C3(C)C(=O)C(C)C)C(C)(C)C3CCCCC3)c(=O)[nH]c2c1. The van der Waals surface area contributed by atoms with E-state index in [4.69, 9.17) is 9.47 Å². The number of ketones is 1. The summed E-state index contributed by atoms with van der Waals surface area (Å²) in [6.07, 6.45) is 11.3. The summed E-state index contributed by atoms with van der Waals surface area (Å²) in [5, 5.41) is 3.15. The number of fused-ring (bicyclic) bond motifs is 1. The molecule has 7 rings (SSSR count). The van der Waals surface area contributed by atoms with E-state index in [9.17, 15) is 14.4 Å². The fourth-order valence-corrected chi connectivity index (χ4v) is 12.0. The zero-order chi connectivity index (χ0) is 40.4. The van der Waals surface area contributed by atoms with Crippen LogP contribution in [0.1, 0.15) is 144 Å². The predicted molar refractivity (Wildman–Crippen MR) is 214 cm³/mol. The van der Waals surface area contributed by atoms with E-state index in [0.29, 0.717) is 35.7 Å². The summed E-state index contributed by atoms with van der Waals surface area (Å²) in [5.74, 6) is 1.21. The van der Waals surface area contributed by atoms with Crippen molar-refractivity contribution in [1.29, 1.82) is 0 Å². The lowest BCUT2D eigenvalue weighted by Crippen LogP contribution is -2.64. The Hall–Kier alpha value is -3.50. The number of halogens is 1. The van der Waals surface area contributed by atoms with Crippen LogP contribution in [0.3, 0.4) is 0 Å². The van der Waals surface area contributed by atoms with Crippen LogP contribution >= 0.6 is 0 Å². The van der Waals surface area contributed by atoms with Crippen molar-refractivity contribution in [3.8, 4) is 5.75 Å². The molecule has 1 aliphatic heterocycles. The molecular formula is C45H65FN4O6. The topological polar surface area (TPSA) is 131 Å². The van der Waals surface area contributed by atoms with Crippen molar-refractivity contribution in [2.24, 2.45) is 39.9 Å². The average Bonchev–Trinajstić information content (AvgIpc) is 3.95. The van der Waals surface area contributed by atoms with Gasteiger partial charge in [0.1, 0.15) is 29.1 Å². The highest BCUT2D eigenvalue weighted by Gasteiger charge is 2.72. The van der Waals surface area contributed by atoms with Crippen LogP contribution in [0.5, 0.6) is 5.75 Å². The van der Waals surface area contributed by atoms with Gasteiger partial charge in [-0.1, -0.05) is 53.9 Å². The highest BCUT2D eigenvalue weighted by molar-refractivity contribution is 5.98. The number of hydrogen-bond donors (Lipinski definition) is 2. The number of alkyl halides is 1. The standard InChI is InChI=1S/C45H65FN4O6/c1-27(2)37(51)43(7)45(25-28(45)3)22-23-50(43)39(53)36(41(4,5)29-14-10-9-11-15-29)49-40(54)56-34-17-13-21-44(34)26-30(44)16-12-20-42(6,46)35-38(52)48-33-24-31(55-8)18-19-32(33)47-35/h18-19,24,27-30,34,36H,9-17,20-23,25-26H2,1-8H3,(H,48,52)(H,49,54)/t28-,30?,34?,36?,42?,43?,44?,45?/m1/s1. The van der Waals surface area contributed by atoms with Gasteiger partial charge in [-0.15, -0.1) is 0 Å². The number of methoxy groups -OCH3 is 1. The molecule has 5 fully saturated rings. The van der Waals surface area contributed by atoms with Crippen LogP contribution in [0.25, 0.3) is 11.0 Å². The number of carbonyl (C=O) groups is 3. The minimum absolute atomic E-state index is 0.103. The first-order valence-corrected chi connectivity index (χ1v) is 21.5. The third kappa shape index (κ3) is 6.84. The van der Waals surface area contributed by atoms with Gasteiger partial charge in [-0.2, -0.15) is 0 Å². The number of amides is 2. The molecule has 2 spiro atoms. The molecule has 1 aromatic heterocycles. The van der Waals surface area contributed by atoms with Gasteiger partial charge in [-0.25, -0.2) is 14.2 Å². The lowest BCUT2D eigenvalue weighted by atomic mass is 9.66. The lowest BCUT2D eigenvalue weighted by Gasteiger charge is -2.47. The number of nitrogens with zero attached hydrogens (tertiary/aromatic N) is 2. The molecule has 11 heteroatoms. The first-order valence-electron chi connectivity index (χ1n) is 21.5. The van der Waals surface area contributed by atoms with Crippen LogP contribution in [0.4, 0.5) is 9.18 Å². The van der Waals surface area contributed by atoms with Crippen LogP contribution in [0.2, 0.25) is 0 Å². The zero-order valence-electron chi connectivity index (χ0n) is 35.0. The van der Waals surface area contributed by atoms with Gasteiger partial charge < -0.3 is 24.7 Å². The van der Waals surface area contributed by atoms with Gasteiger partial charge in [0.2, 0.25) is 5.91 Å². The Morgan fingerprint density at radius 1 is 1.07 bits per heavy atom. The number of carbonyl (C=O) groups excluding carboxylic acids is 3.